The quantitative estimate of drug-likeness (QED) is 0.821. The number of amides is 1. The predicted octanol–water partition coefficient (Wildman–Crippen LogP) is 2.18. The molecule has 1 fully saturated rings. The molecular formula is C15H22N2O2. The minimum absolute atomic E-state index is 0.0249. The first-order valence-corrected chi connectivity index (χ1v) is 6.78. The lowest BCUT2D eigenvalue weighted by atomic mass is 10.0. The zero-order valence-electron chi connectivity index (χ0n) is 11.8. The van der Waals surface area contributed by atoms with E-state index in [-0.39, 0.29) is 18.1 Å². The van der Waals surface area contributed by atoms with E-state index < -0.39 is 0 Å². The summed E-state index contributed by atoms with van der Waals surface area (Å²) in [6.45, 7) is 6.65. The van der Waals surface area contributed by atoms with Gasteiger partial charge in [0.15, 0.2) is 0 Å². The van der Waals surface area contributed by atoms with Crippen molar-refractivity contribution in [2.24, 2.45) is 0 Å². The van der Waals surface area contributed by atoms with E-state index in [1.165, 1.54) is 0 Å². The van der Waals surface area contributed by atoms with Crippen LogP contribution < -0.4 is 11.1 Å². The third kappa shape index (κ3) is 3.07. The van der Waals surface area contributed by atoms with Gasteiger partial charge < -0.3 is 15.8 Å². The van der Waals surface area contributed by atoms with Crippen LogP contribution in [0.3, 0.4) is 0 Å². The summed E-state index contributed by atoms with van der Waals surface area (Å²) >= 11 is 0. The maximum Gasteiger partial charge on any atom is 0.251 e. The summed E-state index contributed by atoms with van der Waals surface area (Å²) in [7, 11) is 0. The number of carbonyl (C=O) groups is 1. The number of rotatable bonds is 3. The Morgan fingerprint density at radius 2 is 2.16 bits per heavy atom. The minimum atomic E-state index is -0.0767. The van der Waals surface area contributed by atoms with E-state index in [4.69, 9.17) is 10.5 Å². The number of nitrogens with two attached hydrogens (primary N) is 1. The Hall–Kier alpha value is -1.55. The number of aryl methyl sites for hydroxylation is 2. The molecule has 4 heteroatoms. The Bertz CT molecular complexity index is 479. The van der Waals surface area contributed by atoms with E-state index in [0.29, 0.717) is 11.3 Å². The second-order valence-corrected chi connectivity index (χ2v) is 5.34. The van der Waals surface area contributed by atoms with Crippen LogP contribution in [-0.2, 0) is 4.74 Å². The van der Waals surface area contributed by atoms with Crippen LogP contribution in [0.5, 0.6) is 0 Å². The number of benzene rings is 1. The third-order valence-corrected chi connectivity index (χ3v) is 3.74. The normalized spacial score (nSPS) is 20.3. The zero-order chi connectivity index (χ0) is 14.0. The number of carbonyl (C=O) groups excluding carboxylic acids is 1. The fourth-order valence-electron chi connectivity index (χ4n) is 2.49. The molecule has 104 valence electrons. The van der Waals surface area contributed by atoms with Crippen molar-refractivity contribution in [3.05, 3.63) is 28.8 Å². The molecule has 1 amide bonds. The highest BCUT2D eigenvalue weighted by atomic mass is 16.5. The molecule has 2 atom stereocenters. The van der Waals surface area contributed by atoms with Gasteiger partial charge in [0.05, 0.1) is 12.1 Å². The standard InChI is InChI=1S/C15H22N2O2/c1-9-7-10(2)13(16)8-12(9)15(18)17-11(3)14-5-4-6-19-14/h7-8,11,14H,4-6,16H2,1-3H3,(H,17,18). The lowest BCUT2D eigenvalue weighted by molar-refractivity contribution is 0.0712. The second kappa shape index (κ2) is 5.61. The molecule has 3 N–H and O–H groups in total. The number of ether oxygens (including phenoxy) is 1. The number of hydrogen-bond acceptors (Lipinski definition) is 3. The fourth-order valence-corrected chi connectivity index (χ4v) is 2.49. The smallest absolute Gasteiger partial charge is 0.251 e. The molecule has 2 unspecified atom stereocenters. The maximum absolute atomic E-state index is 12.3. The van der Waals surface area contributed by atoms with Crippen molar-refractivity contribution >= 4 is 11.6 Å². The highest BCUT2D eigenvalue weighted by molar-refractivity contribution is 5.96. The lowest BCUT2D eigenvalue weighted by Gasteiger charge is -2.20. The molecule has 0 spiro atoms. The average molecular weight is 262 g/mol. The fraction of sp³-hybridized carbons (Fsp3) is 0.533. The van der Waals surface area contributed by atoms with Crippen molar-refractivity contribution in [1.29, 1.82) is 0 Å². The molecule has 0 aliphatic carbocycles. The van der Waals surface area contributed by atoms with Crippen LogP contribution in [0, 0.1) is 13.8 Å². The van der Waals surface area contributed by atoms with E-state index in [1.54, 1.807) is 6.07 Å². The molecule has 0 aromatic heterocycles. The van der Waals surface area contributed by atoms with Gasteiger partial charge in [-0.1, -0.05) is 6.07 Å². The van der Waals surface area contributed by atoms with Crippen molar-refractivity contribution in [3.63, 3.8) is 0 Å². The minimum Gasteiger partial charge on any atom is -0.398 e. The molecule has 4 nitrogen and oxygen atoms in total. The first kappa shape index (κ1) is 13.9. The van der Waals surface area contributed by atoms with Crippen molar-refractivity contribution < 1.29 is 9.53 Å². The number of hydrogen-bond donors (Lipinski definition) is 2. The van der Waals surface area contributed by atoms with Gasteiger partial charge in [-0.25, -0.2) is 0 Å². The molecule has 0 saturated carbocycles. The maximum atomic E-state index is 12.3. The van der Waals surface area contributed by atoms with E-state index in [1.807, 2.05) is 26.8 Å². The van der Waals surface area contributed by atoms with Gasteiger partial charge >= 0.3 is 0 Å². The van der Waals surface area contributed by atoms with E-state index in [9.17, 15) is 4.79 Å². The third-order valence-electron chi connectivity index (χ3n) is 3.74. The average Bonchev–Trinajstić information content (AvgIpc) is 2.87. The number of nitrogens with one attached hydrogen (secondary N) is 1. The molecule has 1 saturated heterocycles. The van der Waals surface area contributed by atoms with E-state index in [2.05, 4.69) is 5.32 Å². The lowest BCUT2D eigenvalue weighted by Crippen LogP contribution is -2.41. The molecule has 1 heterocycles. The molecule has 0 bridgehead atoms. The van der Waals surface area contributed by atoms with Crippen molar-refractivity contribution in [2.75, 3.05) is 12.3 Å². The summed E-state index contributed by atoms with van der Waals surface area (Å²) in [5.41, 5.74) is 9.12. The van der Waals surface area contributed by atoms with Gasteiger partial charge in [0.2, 0.25) is 0 Å². The Morgan fingerprint density at radius 1 is 1.42 bits per heavy atom. The topological polar surface area (TPSA) is 64.3 Å². The number of anilines is 1. The van der Waals surface area contributed by atoms with Crippen LogP contribution in [0.4, 0.5) is 5.69 Å². The van der Waals surface area contributed by atoms with Crippen molar-refractivity contribution in [3.8, 4) is 0 Å². The van der Waals surface area contributed by atoms with Gasteiger partial charge in [-0.2, -0.15) is 0 Å². The first-order valence-electron chi connectivity index (χ1n) is 6.78. The molecule has 0 radical (unpaired) electrons. The Morgan fingerprint density at radius 3 is 2.79 bits per heavy atom. The summed E-state index contributed by atoms with van der Waals surface area (Å²) in [4.78, 5) is 12.3. The SMILES string of the molecule is Cc1cc(C)c(C(=O)NC(C)C2CCCO2)cc1N. The Labute approximate surface area is 114 Å². The van der Waals surface area contributed by atoms with Crippen LogP contribution in [0.2, 0.25) is 0 Å². The summed E-state index contributed by atoms with van der Waals surface area (Å²) in [5, 5.41) is 3.01. The van der Waals surface area contributed by atoms with Crippen LogP contribution in [0.1, 0.15) is 41.3 Å². The van der Waals surface area contributed by atoms with Gasteiger partial charge in [0.1, 0.15) is 0 Å². The molecule has 1 aromatic rings. The summed E-state index contributed by atoms with van der Waals surface area (Å²) in [5.74, 6) is -0.0767. The molecule has 1 aliphatic heterocycles. The van der Waals surface area contributed by atoms with Crippen LogP contribution in [0.15, 0.2) is 12.1 Å². The Kier molecular flexibility index (Phi) is 4.10. The monoisotopic (exact) mass is 262 g/mol. The van der Waals surface area contributed by atoms with E-state index in [0.717, 1.165) is 30.6 Å². The molecule has 2 rings (SSSR count). The Balaban J connectivity index is 2.09. The molecule has 1 aromatic carbocycles. The van der Waals surface area contributed by atoms with Gasteiger partial charge in [-0.3, -0.25) is 4.79 Å². The van der Waals surface area contributed by atoms with Gasteiger partial charge in [0.25, 0.3) is 5.91 Å². The molecular weight excluding hydrogens is 240 g/mol. The van der Waals surface area contributed by atoms with Crippen molar-refractivity contribution in [2.45, 2.75) is 45.8 Å². The molecule has 19 heavy (non-hydrogen) atoms. The second-order valence-electron chi connectivity index (χ2n) is 5.34. The van der Waals surface area contributed by atoms with Gasteiger partial charge in [-0.15, -0.1) is 0 Å². The van der Waals surface area contributed by atoms with E-state index >= 15 is 0 Å². The summed E-state index contributed by atoms with van der Waals surface area (Å²) < 4.78 is 5.59. The number of nitrogen functional groups attached to an aromatic ring is 1. The summed E-state index contributed by atoms with van der Waals surface area (Å²) in [6.07, 6.45) is 2.21. The van der Waals surface area contributed by atoms with Crippen LogP contribution in [0.25, 0.3) is 0 Å². The van der Waals surface area contributed by atoms with Crippen molar-refractivity contribution in [1.82, 2.24) is 5.32 Å². The zero-order valence-corrected chi connectivity index (χ0v) is 11.8. The van der Waals surface area contributed by atoms with Gasteiger partial charge in [-0.05, 0) is 50.8 Å². The highest BCUT2D eigenvalue weighted by Crippen LogP contribution is 2.19. The van der Waals surface area contributed by atoms with Crippen LogP contribution >= 0.6 is 0 Å². The largest absolute Gasteiger partial charge is 0.398 e. The first-order chi connectivity index (χ1) is 8.99. The predicted molar refractivity (Wildman–Crippen MR) is 76.2 cm³/mol. The summed E-state index contributed by atoms with van der Waals surface area (Å²) in [6, 6.07) is 3.72. The van der Waals surface area contributed by atoms with Gasteiger partial charge in [0, 0.05) is 17.9 Å². The molecule has 1 aliphatic rings. The van der Waals surface area contributed by atoms with Crippen LogP contribution in [-0.4, -0.2) is 24.7 Å². The highest BCUT2D eigenvalue weighted by Gasteiger charge is 2.24.